The third-order valence-electron chi connectivity index (χ3n) is 2.82. The van der Waals surface area contributed by atoms with Crippen molar-refractivity contribution in [2.45, 2.75) is 6.92 Å². The minimum absolute atomic E-state index is 0.0463. The van der Waals surface area contributed by atoms with E-state index in [0.29, 0.717) is 10.2 Å². The van der Waals surface area contributed by atoms with E-state index < -0.39 is 11.4 Å². The number of H-pyrrole nitrogens is 1. The zero-order valence-electron chi connectivity index (χ0n) is 10.8. The quantitative estimate of drug-likeness (QED) is 0.916. The molecule has 0 aliphatic carbocycles. The Morgan fingerprint density at radius 3 is 2.75 bits per heavy atom. The van der Waals surface area contributed by atoms with E-state index >= 15 is 0 Å². The predicted molar refractivity (Wildman–Crippen MR) is 76.2 cm³/mol. The second-order valence-corrected chi connectivity index (χ2v) is 4.97. The number of hydrogen-bond acceptors (Lipinski definition) is 3. The maximum atomic E-state index is 14.4. The fourth-order valence-electron chi connectivity index (χ4n) is 1.93. The Labute approximate surface area is 123 Å². The van der Waals surface area contributed by atoms with Crippen molar-refractivity contribution < 1.29 is 9.13 Å². The Balaban J connectivity index is 2.89. The molecule has 0 radical (unpaired) electrons. The minimum atomic E-state index is -0.622. The van der Waals surface area contributed by atoms with Crippen LogP contribution in [0.5, 0.6) is 5.75 Å². The van der Waals surface area contributed by atoms with Crippen LogP contribution in [0.1, 0.15) is 11.3 Å². The summed E-state index contributed by atoms with van der Waals surface area (Å²) >= 11 is 3.24. The Kier molecular flexibility index (Phi) is 3.91. The average molecular weight is 337 g/mol. The summed E-state index contributed by atoms with van der Waals surface area (Å²) in [7, 11) is 1.35. The maximum absolute atomic E-state index is 14.4. The first kappa shape index (κ1) is 14.3. The molecule has 0 fully saturated rings. The molecule has 0 atom stereocenters. The number of pyridine rings is 1. The van der Waals surface area contributed by atoms with E-state index in [4.69, 9.17) is 10.00 Å². The monoisotopic (exact) mass is 336 g/mol. The van der Waals surface area contributed by atoms with Gasteiger partial charge in [-0.15, -0.1) is 0 Å². The molecular weight excluding hydrogens is 327 g/mol. The summed E-state index contributed by atoms with van der Waals surface area (Å²) in [6.45, 7) is 1.66. The molecule has 6 heteroatoms. The number of nitriles is 1. The molecule has 20 heavy (non-hydrogen) atoms. The number of nitrogens with one attached hydrogen (secondary N) is 1. The smallest absolute Gasteiger partial charge is 0.266 e. The molecule has 0 unspecified atom stereocenters. The van der Waals surface area contributed by atoms with Crippen LogP contribution in [0.3, 0.4) is 0 Å². The minimum Gasteiger partial charge on any atom is -0.494 e. The number of aromatic amines is 1. The van der Waals surface area contributed by atoms with Crippen molar-refractivity contribution in [2.24, 2.45) is 0 Å². The summed E-state index contributed by atoms with van der Waals surface area (Å²) < 4.78 is 19.8. The van der Waals surface area contributed by atoms with Gasteiger partial charge >= 0.3 is 0 Å². The van der Waals surface area contributed by atoms with Crippen LogP contribution in [-0.4, -0.2) is 12.1 Å². The Morgan fingerprint density at radius 2 is 2.15 bits per heavy atom. The standard InChI is InChI=1S/C14H10BrFN2O2/c1-7-5-8(9(6-17)14(19)18-7)12-10(15)3-4-11(20-2)13(12)16/h3-5H,1-2H3,(H,18,19). The first-order valence-electron chi connectivity index (χ1n) is 5.66. The topological polar surface area (TPSA) is 65.9 Å². The van der Waals surface area contributed by atoms with Crippen LogP contribution in [0.15, 0.2) is 27.5 Å². The lowest BCUT2D eigenvalue weighted by atomic mass is 10.00. The highest BCUT2D eigenvalue weighted by atomic mass is 79.9. The molecule has 0 aliphatic heterocycles. The van der Waals surface area contributed by atoms with Gasteiger partial charge in [-0.25, -0.2) is 4.39 Å². The van der Waals surface area contributed by atoms with Crippen LogP contribution in [0.25, 0.3) is 11.1 Å². The lowest BCUT2D eigenvalue weighted by Gasteiger charge is -2.11. The molecule has 0 saturated carbocycles. The van der Waals surface area contributed by atoms with Crippen molar-refractivity contribution in [3.05, 3.63) is 50.1 Å². The molecular formula is C14H10BrFN2O2. The summed E-state index contributed by atoms with van der Waals surface area (Å²) in [5.74, 6) is -0.576. The van der Waals surface area contributed by atoms with Gasteiger partial charge in [0.1, 0.15) is 11.6 Å². The number of aryl methyl sites for hydroxylation is 1. The van der Waals surface area contributed by atoms with E-state index in [1.54, 1.807) is 19.1 Å². The first-order chi connectivity index (χ1) is 9.49. The van der Waals surface area contributed by atoms with Gasteiger partial charge in [0, 0.05) is 21.3 Å². The van der Waals surface area contributed by atoms with E-state index in [2.05, 4.69) is 20.9 Å². The van der Waals surface area contributed by atoms with Gasteiger partial charge in [-0.1, -0.05) is 15.9 Å². The zero-order valence-corrected chi connectivity index (χ0v) is 12.3. The van der Waals surface area contributed by atoms with E-state index in [-0.39, 0.29) is 22.4 Å². The number of methoxy groups -OCH3 is 1. The van der Waals surface area contributed by atoms with Gasteiger partial charge < -0.3 is 9.72 Å². The third kappa shape index (κ3) is 2.32. The Morgan fingerprint density at radius 1 is 1.45 bits per heavy atom. The van der Waals surface area contributed by atoms with Gasteiger partial charge in [-0.2, -0.15) is 5.26 Å². The predicted octanol–water partition coefficient (Wildman–Crippen LogP) is 3.13. The van der Waals surface area contributed by atoms with Gasteiger partial charge in [0.15, 0.2) is 11.6 Å². The Bertz CT molecular complexity index is 778. The van der Waals surface area contributed by atoms with Crippen LogP contribution in [0, 0.1) is 24.1 Å². The highest BCUT2D eigenvalue weighted by Crippen LogP contribution is 2.36. The van der Waals surface area contributed by atoms with Crippen molar-refractivity contribution >= 4 is 15.9 Å². The number of aromatic nitrogens is 1. The van der Waals surface area contributed by atoms with Crippen LogP contribution in [-0.2, 0) is 0 Å². The fourth-order valence-corrected chi connectivity index (χ4v) is 2.45. The summed E-state index contributed by atoms with van der Waals surface area (Å²) in [6.07, 6.45) is 0. The molecule has 0 bridgehead atoms. The number of rotatable bonds is 2. The number of nitrogens with zero attached hydrogens (tertiary/aromatic N) is 1. The van der Waals surface area contributed by atoms with Crippen molar-refractivity contribution in [1.82, 2.24) is 4.98 Å². The van der Waals surface area contributed by atoms with Gasteiger partial charge in [-0.3, -0.25) is 4.79 Å². The number of hydrogen-bond donors (Lipinski definition) is 1. The van der Waals surface area contributed by atoms with Crippen LogP contribution in [0.2, 0.25) is 0 Å². The summed E-state index contributed by atoms with van der Waals surface area (Å²) in [6, 6.07) is 6.44. The summed E-state index contributed by atoms with van der Waals surface area (Å²) in [4.78, 5) is 14.3. The molecule has 0 aliphatic rings. The van der Waals surface area contributed by atoms with Crippen molar-refractivity contribution in [1.29, 1.82) is 5.26 Å². The first-order valence-corrected chi connectivity index (χ1v) is 6.45. The number of ether oxygens (including phenoxy) is 1. The fraction of sp³-hybridized carbons (Fsp3) is 0.143. The van der Waals surface area contributed by atoms with Gasteiger partial charge in [0.25, 0.3) is 5.56 Å². The molecule has 0 spiro atoms. The normalized spacial score (nSPS) is 10.2. The molecule has 4 nitrogen and oxygen atoms in total. The lowest BCUT2D eigenvalue weighted by molar-refractivity contribution is 0.387. The van der Waals surface area contributed by atoms with Crippen LogP contribution >= 0.6 is 15.9 Å². The van der Waals surface area contributed by atoms with Gasteiger partial charge in [0.2, 0.25) is 0 Å². The van der Waals surface area contributed by atoms with E-state index in [0.717, 1.165) is 0 Å². The highest BCUT2D eigenvalue weighted by molar-refractivity contribution is 9.10. The van der Waals surface area contributed by atoms with Crippen molar-refractivity contribution in [3.63, 3.8) is 0 Å². The molecule has 1 aromatic heterocycles. The second kappa shape index (κ2) is 5.47. The summed E-state index contributed by atoms with van der Waals surface area (Å²) in [5.41, 5.74) is 0.227. The molecule has 1 heterocycles. The number of benzene rings is 1. The van der Waals surface area contributed by atoms with E-state index in [1.165, 1.54) is 13.2 Å². The number of halogens is 2. The molecule has 2 rings (SSSR count). The van der Waals surface area contributed by atoms with E-state index in [9.17, 15) is 9.18 Å². The van der Waals surface area contributed by atoms with Crippen molar-refractivity contribution in [3.8, 4) is 22.9 Å². The average Bonchev–Trinajstić information content (AvgIpc) is 2.38. The molecule has 1 N–H and O–H groups in total. The Hall–Kier alpha value is -2.13. The largest absolute Gasteiger partial charge is 0.494 e. The highest BCUT2D eigenvalue weighted by Gasteiger charge is 2.19. The maximum Gasteiger partial charge on any atom is 0.266 e. The molecule has 102 valence electrons. The molecule has 0 amide bonds. The van der Waals surface area contributed by atoms with Crippen LogP contribution in [0.4, 0.5) is 4.39 Å². The molecule has 0 saturated heterocycles. The summed E-state index contributed by atoms with van der Waals surface area (Å²) in [5, 5.41) is 9.12. The second-order valence-electron chi connectivity index (χ2n) is 4.12. The lowest BCUT2D eigenvalue weighted by Crippen LogP contribution is -2.13. The van der Waals surface area contributed by atoms with Gasteiger partial charge in [-0.05, 0) is 25.1 Å². The van der Waals surface area contributed by atoms with E-state index in [1.807, 2.05) is 6.07 Å². The molecule has 2 aromatic rings. The van der Waals surface area contributed by atoms with Gasteiger partial charge in [0.05, 0.1) is 7.11 Å². The zero-order chi connectivity index (χ0) is 14.9. The third-order valence-corrected chi connectivity index (χ3v) is 3.49. The van der Waals surface area contributed by atoms with Crippen LogP contribution < -0.4 is 10.3 Å². The van der Waals surface area contributed by atoms with Crippen molar-refractivity contribution in [2.75, 3.05) is 7.11 Å². The SMILES string of the molecule is COc1ccc(Br)c(-c2cc(C)[nH]c(=O)c2C#N)c1F. The molecule has 1 aromatic carbocycles.